The topological polar surface area (TPSA) is 119 Å². The molecule has 0 aliphatic rings. The molecule has 0 saturated heterocycles. The molecule has 1 heterocycles. The van der Waals surface area contributed by atoms with Gasteiger partial charge in [-0.15, -0.1) is 0 Å². The van der Waals surface area contributed by atoms with Crippen LogP contribution in [-0.2, 0) is 22.1 Å². The Morgan fingerprint density at radius 2 is 1.20 bits per heavy atom. The predicted octanol–water partition coefficient (Wildman–Crippen LogP) is 0.303. The van der Waals surface area contributed by atoms with Crippen LogP contribution in [-0.4, -0.2) is 25.0 Å². The van der Waals surface area contributed by atoms with Crippen LogP contribution in [0.1, 0.15) is 112 Å². The first-order valence-electron chi connectivity index (χ1n) is 12.7. The van der Waals surface area contributed by atoms with Gasteiger partial charge in [0, 0.05) is 18.1 Å². The van der Waals surface area contributed by atoms with Crippen molar-refractivity contribution in [2.75, 3.05) is 0 Å². The second-order valence-electron chi connectivity index (χ2n) is 9.24. The average molecular weight is 555 g/mol. The normalized spacial score (nSPS) is 11.8. The van der Waals surface area contributed by atoms with Crippen molar-refractivity contribution in [2.45, 2.75) is 122 Å². The van der Waals surface area contributed by atoms with E-state index in [4.69, 9.17) is 0 Å². The van der Waals surface area contributed by atoms with Crippen LogP contribution in [0.15, 0.2) is 24.5 Å². The Balaban J connectivity index is -0.00000136. The molecule has 0 aliphatic heterocycles. The van der Waals surface area contributed by atoms with Crippen LogP contribution in [0.4, 0.5) is 0 Å². The summed E-state index contributed by atoms with van der Waals surface area (Å²) >= 11 is 0. The number of rotatable bonds is 20. The molecule has 1 aromatic rings. The standard InChI is InChI=1S/C24H45NO6P2.2Na.2H/c1-2-3-4-5-6-7-8-9-10-11-12-13-14-15-20-25-21-16-17-23(22-25)18-19-24(32(26,27)28)33(29,30)31;;;;/h16-17,21-22,24H,2-15,18-20H2,1H3,(H3-,26,27,28,29,30,31);;;;/q;2*+1;2*-1/p+1. The minimum atomic E-state index is -4.86. The predicted molar refractivity (Wildman–Crippen MR) is 135 cm³/mol. The van der Waals surface area contributed by atoms with Crippen molar-refractivity contribution in [3.8, 4) is 0 Å². The van der Waals surface area contributed by atoms with E-state index < -0.39 is 20.6 Å². The maximum atomic E-state index is 11.4. The Hall–Kier alpha value is 1.45. The molecule has 35 heavy (non-hydrogen) atoms. The summed E-state index contributed by atoms with van der Waals surface area (Å²) in [5, 5.41) is -1.94. The zero-order chi connectivity index (χ0) is 24.6. The van der Waals surface area contributed by atoms with Gasteiger partial charge in [-0.1, -0.05) is 84.0 Å². The van der Waals surface area contributed by atoms with Crippen LogP contribution in [0.2, 0.25) is 0 Å². The van der Waals surface area contributed by atoms with E-state index in [0.29, 0.717) is 0 Å². The third-order valence-corrected chi connectivity index (χ3v) is 10.0. The van der Waals surface area contributed by atoms with Gasteiger partial charge in [0.1, 0.15) is 6.54 Å². The molecule has 0 radical (unpaired) electrons. The minimum Gasteiger partial charge on any atom is -1.00 e. The van der Waals surface area contributed by atoms with Gasteiger partial charge in [0.05, 0.1) is 0 Å². The summed E-state index contributed by atoms with van der Waals surface area (Å²) in [5.41, 5.74) is 0.815. The van der Waals surface area contributed by atoms with E-state index in [1.54, 1.807) is 0 Å². The maximum Gasteiger partial charge on any atom is 1.00 e. The summed E-state index contributed by atoms with van der Waals surface area (Å²) in [6, 6.07) is 3.68. The number of aromatic nitrogens is 1. The Bertz CT molecular complexity index is 734. The summed E-state index contributed by atoms with van der Waals surface area (Å²) in [5.74, 6) is 0. The Morgan fingerprint density at radius 1 is 0.771 bits per heavy atom. The SMILES string of the molecule is CCCCCCCCCCCCCCCC[n+]1cccc(CCC(P(=O)(O)O)P(=O)(O)O)c1.[H-].[H-].[Na+].[Na+]. The van der Waals surface area contributed by atoms with Crippen LogP contribution in [0.25, 0.3) is 0 Å². The third kappa shape index (κ3) is 20.1. The molecule has 7 nitrogen and oxygen atoms in total. The summed E-state index contributed by atoms with van der Waals surface area (Å²) in [6.07, 6.45) is 22.3. The third-order valence-electron chi connectivity index (χ3n) is 6.16. The molecule has 1 aromatic heterocycles. The molecule has 0 amide bonds. The molecule has 11 heteroatoms. The summed E-state index contributed by atoms with van der Waals surface area (Å²) in [6.45, 7) is 3.12. The smallest absolute Gasteiger partial charge is 1.00 e. The molecular formula is C24H48NNa2O6P2+. The second-order valence-corrected chi connectivity index (χ2v) is 13.3. The summed E-state index contributed by atoms with van der Waals surface area (Å²) in [7, 11) is -9.72. The van der Waals surface area contributed by atoms with Gasteiger partial charge in [-0.25, -0.2) is 4.57 Å². The van der Waals surface area contributed by atoms with Gasteiger partial charge < -0.3 is 22.4 Å². The first-order chi connectivity index (χ1) is 15.6. The molecule has 196 valence electrons. The summed E-state index contributed by atoms with van der Waals surface area (Å²) < 4.78 is 24.9. The second kappa shape index (κ2) is 22.3. The van der Waals surface area contributed by atoms with Gasteiger partial charge in [-0.3, -0.25) is 9.13 Å². The van der Waals surface area contributed by atoms with Crippen molar-refractivity contribution in [1.82, 2.24) is 0 Å². The van der Waals surface area contributed by atoms with Crippen molar-refractivity contribution in [2.24, 2.45) is 0 Å². The molecule has 0 atom stereocenters. The van der Waals surface area contributed by atoms with Gasteiger partial charge >= 0.3 is 74.3 Å². The minimum absolute atomic E-state index is 0. The van der Waals surface area contributed by atoms with Crippen molar-refractivity contribution < 1.29 is 95.2 Å². The summed E-state index contributed by atoms with van der Waals surface area (Å²) in [4.78, 5) is 37.0. The van der Waals surface area contributed by atoms with Crippen molar-refractivity contribution in [3.05, 3.63) is 30.1 Å². The first kappa shape index (κ1) is 38.6. The molecule has 0 spiro atoms. The van der Waals surface area contributed by atoms with E-state index in [1.165, 1.54) is 83.5 Å². The Labute approximate surface area is 260 Å². The molecule has 1 rings (SSSR count). The van der Waals surface area contributed by atoms with Gasteiger partial charge in [0.2, 0.25) is 0 Å². The van der Waals surface area contributed by atoms with Crippen LogP contribution in [0.3, 0.4) is 0 Å². The van der Waals surface area contributed by atoms with Crippen LogP contribution >= 0.6 is 15.2 Å². The monoisotopic (exact) mass is 554 g/mol. The Morgan fingerprint density at radius 3 is 1.63 bits per heavy atom. The van der Waals surface area contributed by atoms with Gasteiger partial charge in [0.15, 0.2) is 17.8 Å². The number of hydrogen-bond acceptors (Lipinski definition) is 2. The molecule has 0 aliphatic carbocycles. The maximum absolute atomic E-state index is 11.4. The van der Waals surface area contributed by atoms with Gasteiger partial charge in [0.25, 0.3) is 0 Å². The van der Waals surface area contributed by atoms with E-state index in [2.05, 4.69) is 6.92 Å². The van der Waals surface area contributed by atoms with Gasteiger partial charge in [-0.05, 0) is 25.3 Å². The molecule has 4 N–H and O–H groups in total. The van der Waals surface area contributed by atoms with Crippen molar-refractivity contribution in [3.63, 3.8) is 0 Å². The van der Waals surface area contributed by atoms with E-state index in [-0.39, 0.29) is 74.8 Å². The largest absolute Gasteiger partial charge is 1.00 e. The molecule has 0 aromatic carbocycles. The average Bonchev–Trinajstić information content (AvgIpc) is 2.72. The van der Waals surface area contributed by atoms with Crippen LogP contribution in [0.5, 0.6) is 0 Å². The quantitative estimate of drug-likeness (QED) is 0.0798. The van der Waals surface area contributed by atoms with E-state index in [0.717, 1.165) is 18.5 Å². The number of unbranched alkanes of at least 4 members (excludes halogenated alkanes) is 13. The zero-order valence-electron chi connectivity index (χ0n) is 24.4. The molecule has 0 saturated carbocycles. The van der Waals surface area contributed by atoms with Gasteiger partial charge in [-0.2, -0.15) is 0 Å². The van der Waals surface area contributed by atoms with Crippen molar-refractivity contribution >= 4 is 15.2 Å². The number of aryl methyl sites for hydroxylation is 2. The number of hydrogen-bond donors (Lipinski definition) is 4. The fraction of sp³-hybridized carbons (Fsp3) is 0.792. The van der Waals surface area contributed by atoms with E-state index in [1.807, 2.05) is 29.1 Å². The van der Waals surface area contributed by atoms with E-state index in [9.17, 15) is 28.7 Å². The van der Waals surface area contributed by atoms with Crippen LogP contribution in [0, 0.1) is 0 Å². The fourth-order valence-electron chi connectivity index (χ4n) is 4.18. The Kier molecular flexibility index (Phi) is 24.6. The number of pyridine rings is 1. The molecule has 0 unspecified atom stereocenters. The fourth-order valence-corrected chi connectivity index (χ4v) is 6.68. The first-order valence-corrected chi connectivity index (χ1v) is 16.1. The van der Waals surface area contributed by atoms with E-state index >= 15 is 0 Å². The molecule has 0 bridgehead atoms. The molecular weight excluding hydrogens is 506 g/mol. The number of nitrogens with zero attached hydrogens (tertiary/aromatic N) is 1. The zero-order valence-corrected chi connectivity index (χ0v) is 28.1. The van der Waals surface area contributed by atoms with Crippen LogP contribution < -0.4 is 63.7 Å². The molecule has 0 fully saturated rings. The van der Waals surface area contributed by atoms with Crippen molar-refractivity contribution in [1.29, 1.82) is 0 Å².